The molecule has 2 aromatic carbocycles. The predicted octanol–water partition coefficient (Wildman–Crippen LogP) is 6.06. The highest BCUT2D eigenvalue weighted by Crippen LogP contribution is 2.33. The van der Waals surface area contributed by atoms with Crippen molar-refractivity contribution in [2.24, 2.45) is 0 Å². The first kappa shape index (κ1) is 18.2. The fraction of sp³-hybridized carbons (Fsp3) is 0.250. The van der Waals surface area contributed by atoms with Crippen LogP contribution in [0.25, 0.3) is 22.2 Å². The van der Waals surface area contributed by atoms with E-state index in [9.17, 15) is 0 Å². The fourth-order valence-electron chi connectivity index (χ4n) is 4.17. The van der Waals surface area contributed by atoms with Crippen LogP contribution in [-0.4, -0.2) is 15.0 Å². The van der Waals surface area contributed by atoms with Crippen molar-refractivity contribution in [3.63, 3.8) is 0 Å². The Morgan fingerprint density at radius 2 is 1.93 bits per heavy atom. The van der Waals surface area contributed by atoms with Crippen molar-refractivity contribution in [2.45, 2.75) is 39.7 Å². The summed E-state index contributed by atoms with van der Waals surface area (Å²) in [4.78, 5) is 12.6. The SMILES string of the molecule is C.Cc1nc(NC2CCCc3ccccc32)cc(-c2cccc3[nH]ccc23)n1. The van der Waals surface area contributed by atoms with Crippen LogP contribution in [0.1, 0.15) is 43.3 Å². The lowest BCUT2D eigenvalue weighted by atomic mass is 9.88. The molecule has 4 heteroatoms. The Labute approximate surface area is 166 Å². The van der Waals surface area contributed by atoms with Gasteiger partial charge >= 0.3 is 0 Å². The van der Waals surface area contributed by atoms with Gasteiger partial charge < -0.3 is 10.3 Å². The molecule has 142 valence electrons. The molecular formula is C24H26N4. The number of H-pyrrole nitrogens is 1. The molecule has 0 bridgehead atoms. The number of benzene rings is 2. The molecule has 0 saturated heterocycles. The quantitative estimate of drug-likeness (QED) is 0.461. The molecule has 4 nitrogen and oxygen atoms in total. The Balaban J connectivity index is 0.00000192. The number of nitrogens with zero attached hydrogens (tertiary/aromatic N) is 2. The maximum absolute atomic E-state index is 4.71. The lowest BCUT2D eigenvalue weighted by Gasteiger charge is -2.27. The minimum absolute atomic E-state index is 0. The van der Waals surface area contributed by atoms with E-state index in [1.54, 1.807) is 0 Å². The van der Waals surface area contributed by atoms with Gasteiger partial charge in [0.25, 0.3) is 0 Å². The molecule has 0 radical (unpaired) electrons. The van der Waals surface area contributed by atoms with Crippen LogP contribution in [0.3, 0.4) is 0 Å². The number of hydrogen-bond acceptors (Lipinski definition) is 3. The standard InChI is InChI=1S/C23H22N4.CH4/c1-15-25-22(18-9-5-10-20-19(18)12-13-24-20)14-23(26-15)27-21-11-4-7-16-6-2-3-8-17(16)21;/h2-3,5-6,8-10,12-14,21,24H,4,7,11H2,1H3,(H,25,26,27);1H4. The Bertz CT molecular complexity index is 1110. The molecule has 0 spiro atoms. The van der Waals surface area contributed by atoms with E-state index < -0.39 is 0 Å². The van der Waals surface area contributed by atoms with Crippen molar-refractivity contribution in [2.75, 3.05) is 5.32 Å². The van der Waals surface area contributed by atoms with E-state index in [4.69, 9.17) is 4.98 Å². The molecule has 5 rings (SSSR count). The molecule has 0 saturated carbocycles. The van der Waals surface area contributed by atoms with Crippen molar-refractivity contribution >= 4 is 16.7 Å². The molecule has 0 amide bonds. The van der Waals surface area contributed by atoms with E-state index in [1.165, 1.54) is 22.9 Å². The van der Waals surface area contributed by atoms with E-state index in [2.05, 4.69) is 69.9 Å². The first-order valence-corrected chi connectivity index (χ1v) is 9.54. The smallest absolute Gasteiger partial charge is 0.130 e. The molecule has 0 aliphatic heterocycles. The number of rotatable bonds is 3. The van der Waals surface area contributed by atoms with E-state index in [0.717, 1.165) is 41.3 Å². The van der Waals surface area contributed by atoms with Gasteiger partial charge in [0.05, 0.1) is 11.7 Å². The lowest BCUT2D eigenvalue weighted by molar-refractivity contribution is 0.598. The van der Waals surface area contributed by atoms with Crippen molar-refractivity contribution in [3.05, 3.63) is 77.7 Å². The Kier molecular flexibility index (Phi) is 4.86. The van der Waals surface area contributed by atoms with Gasteiger partial charge in [0.1, 0.15) is 11.6 Å². The third-order valence-electron chi connectivity index (χ3n) is 5.40. The molecule has 1 aliphatic carbocycles. The van der Waals surface area contributed by atoms with Crippen LogP contribution >= 0.6 is 0 Å². The summed E-state index contributed by atoms with van der Waals surface area (Å²) in [6, 6.07) is 19.5. The second-order valence-electron chi connectivity index (χ2n) is 7.22. The van der Waals surface area contributed by atoms with E-state index in [1.807, 2.05) is 13.1 Å². The minimum Gasteiger partial charge on any atom is -0.363 e. The van der Waals surface area contributed by atoms with Gasteiger partial charge in [-0.05, 0) is 49.4 Å². The second-order valence-corrected chi connectivity index (χ2v) is 7.22. The van der Waals surface area contributed by atoms with Gasteiger partial charge in [-0.2, -0.15) is 0 Å². The van der Waals surface area contributed by atoms with Crippen LogP contribution < -0.4 is 5.32 Å². The van der Waals surface area contributed by atoms with Crippen molar-refractivity contribution in [3.8, 4) is 11.3 Å². The van der Waals surface area contributed by atoms with Crippen LogP contribution in [0.5, 0.6) is 0 Å². The van der Waals surface area contributed by atoms with Crippen LogP contribution in [0.2, 0.25) is 0 Å². The molecule has 1 atom stereocenters. The Morgan fingerprint density at radius 3 is 2.86 bits per heavy atom. The number of aromatic amines is 1. The summed E-state index contributed by atoms with van der Waals surface area (Å²) in [5.41, 5.74) is 6.06. The monoisotopic (exact) mass is 370 g/mol. The van der Waals surface area contributed by atoms with Crippen LogP contribution in [0.4, 0.5) is 5.82 Å². The maximum Gasteiger partial charge on any atom is 0.130 e. The van der Waals surface area contributed by atoms with Gasteiger partial charge in [-0.1, -0.05) is 43.8 Å². The summed E-state index contributed by atoms with van der Waals surface area (Å²) in [6.07, 6.45) is 5.47. The molecule has 2 aromatic heterocycles. The second kappa shape index (κ2) is 7.47. The first-order valence-electron chi connectivity index (χ1n) is 9.54. The summed E-state index contributed by atoms with van der Waals surface area (Å²) in [7, 11) is 0. The van der Waals surface area contributed by atoms with Crippen molar-refractivity contribution < 1.29 is 0 Å². The number of fused-ring (bicyclic) bond motifs is 2. The average molecular weight is 371 g/mol. The van der Waals surface area contributed by atoms with E-state index >= 15 is 0 Å². The molecule has 0 fully saturated rings. The zero-order valence-electron chi connectivity index (χ0n) is 15.4. The minimum atomic E-state index is 0. The van der Waals surface area contributed by atoms with Crippen LogP contribution in [-0.2, 0) is 6.42 Å². The van der Waals surface area contributed by atoms with E-state index in [0.29, 0.717) is 6.04 Å². The highest BCUT2D eigenvalue weighted by molar-refractivity contribution is 5.94. The van der Waals surface area contributed by atoms with Gasteiger partial charge in [-0.25, -0.2) is 9.97 Å². The number of hydrogen-bond donors (Lipinski definition) is 2. The normalized spacial score (nSPS) is 15.7. The Hall–Kier alpha value is -3.14. The Morgan fingerprint density at radius 1 is 1.04 bits per heavy atom. The fourth-order valence-corrected chi connectivity index (χ4v) is 4.17. The van der Waals surface area contributed by atoms with Gasteiger partial charge in [0.15, 0.2) is 0 Å². The van der Waals surface area contributed by atoms with Crippen molar-refractivity contribution in [1.29, 1.82) is 0 Å². The largest absolute Gasteiger partial charge is 0.363 e. The third kappa shape index (κ3) is 3.26. The molecule has 1 aliphatic rings. The summed E-state index contributed by atoms with van der Waals surface area (Å²) in [5.74, 6) is 1.68. The number of aryl methyl sites for hydroxylation is 2. The zero-order valence-corrected chi connectivity index (χ0v) is 15.4. The summed E-state index contributed by atoms with van der Waals surface area (Å²) >= 11 is 0. The average Bonchev–Trinajstić information content (AvgIpc) is 3.17. The number of aromatic nitrogens is 3. The molecule has 28 heavy (non-hydrogen) atoms. The molecule has 1 unspecified atom stereocenters. The topological polar surface area (TPSA) is 53.6 Å². The lowest BCUT2D eigenvalue weighted by Crippen LogP contribution is -2.18. The van der Waals surface area contributed by atoms with Gasteiger partial charge in [0.2, 0.25) is 0 Å². The molecule has 4 aromatic rings. The van der Waals surface area contributed by atoms with Crippen LogP contribution in [0.15, 0.2) is 60.8 Å². The third-order valence-corrected chi connectivity index (χ3v) is 5.40. The van der Waals surface area contributed by atoms with Gasteiger partial charge in [0, 0.05) is 28.7 Å². The number of anilines is 1. The summed E-state index contributed by atoms with van der Waals surface area (Å²) in [5, 5.41) is 4.86. The summed E-state index contributed by atoms with van der Waals surface area (Å²) < 4.78 is 0. The van der Waals surface area contributed by atoms with Gasteiger partial charge in [-0.3, -0.25) is 0 Å². The highest BCUT2D eigenvalue weighted by Gasteiger charge is 2.20. The molecule has 2 N–H and O–H groups in total. The zero-order chi connectivity index (χ0) is 18.2. The van der Waals surface area contributed by atoms with Gasteiger partial charge in [-0.15, -0.1) is 0 Å². The maximum atomic E-state index is 4.71. The van der Waals surface area contributed by atoms with Crippen LogP contribution in [0, 0.1) is 6.92 Å². The van der Waals surface area contributed by atoms with E-state index in [-0.39, 0.29) is 7.43 Å². The number of nitrogens with one attached hydrogen (secondary N) is 2. The predicted molar refractivity (Wildman–Crippen MR) is 117 cm³/mol. The highest BCUT2D eigenvalue weighted by atomic mass is 15.0. The first-order chi connectivity index (χ1) is 13.3. The van der Waals surface area contributed by atoms with Crippen molar-refractivity contribution in [1.82, 2.24) is 15.0 Å². The molecular weight excluding hydrogens is 344 g/mol. The molecule has 2 heterocycles. The summed E-state index contributed by atoms with van der Waals surface area (Å²) in [6.45, 7) is 1.96.